The number of hydrogen-bond acceptors (Lipinski definition) is 1. The Hall–Kier alpha value is -5.79. The summed E-state index contributed by atoms with van der Waals surface area (Å²) in [6, 6.07) is 54.1. The van der Waals surface area contributed by atoms with Crippen molar-refractivity contribution in [3.8, 4) is 33.4 Å². The van der Waals surface area contributed by atoms with Crippen molar-refractivity contribution in [1.82, 2.24) is 4.98 Å². The van der Waals surface area contributed by atoms with E-state index in [0.29, 0.717) is 0 Å². The van der Waals surface area contributed by atoms with Gasteiger partial charge in [-0.05, 0) is 118 Å². The molecule has 0 fully saturated rings. The Morgan fingerprint density at radius 3 is 1.68 bits per heavy atom. The van der Waals surface area contributed by atoms with Gasteiger partial charge in [-0.3, -0.25) is 4.98 Å². The van der Waals surface area contributed by atoms with Gasteiger partial charge in [-0.1, -0.05) is 129 Å². The molecular formula is C46H31N. The minimum absolute atomic E-state index is 0.0972. The minimum Gasteiger partial charge on any atom is -0.256 e. The van der Waals surface area contributed by atoms with E-state index in [4.69, 9.17) is 0 Å². The highest BCUT2D eigenvalue weighted by atomic mass is 14.6. The van der Waals surface area contributed by atoms with Gasteiger partial charge in [0.25, 0.3) is 0 Å². The van der Waals surface area contributed by atoms with Crippen molar-refractivity contribution in [3.63, 3.8) is 0 Å². The smallest absolute Gasteiger partial charge is 0.0705 e. The van der Waals surface area contributed by atoms with E-state index in [2.05, 4.69) is 158 Å². The highest BCUT2D eigenvalue weighted by molar-refractivity contribution is 6.25. The van der Waals surface area contributed by atoms with Gasteiger partial charge in [-0.2, -0.15) is 0 Å². The lowest BCUT2D eigenvalue weighted by molar-refractivity contribution is 0.661. The number of pyridine rings is 1. The minimum atomic E-state index is -0.0972. The molecule has 0 N–H and O–H groups in total. The van der Waals surface area contributed by atoms with Crippen molar-refractivity contribution in [2.45, 2.75) is 19.3 Å². The first kappa shape index (κ1) is 26.4. The maximum absolute atomic E-state index is 4.69. The average molecular weight is 598 g/mol. The maximum atomic E-state index is 4.69. The molecule has 0 amide bonds. The van der Waals surface area contributed by atoms with Crippen LogP contribution in [0.3, 0.4) is 0 Å². The lowest BCUT2D eigenvalue weighted by Crippen LogP contribution is -2.14. The molecule has 0 saturated carbocycles. The molecule has 0 radical (unpaired) electrons. The van der Waals surface area contributed by atoms with Gasteiger partial charge < -0.3 is 0 Å². The summed E-state index contributed by atoms with van der Waals surface area (Å²) < 4.78 is 0. The fourth-order valence-corrected chi connectivity index (χ4v) is 8.46. The van der Waals surface area contributed by atoms with Crippen LogP contribution in [0.1, 0.15) is 25.0 Å². The predicted octanol–water partition coefficient (Wildman–Crippen LogP) is 12.5. The first-order valence-electron chi connectivity index (χ1n) is 16.5. The molecule has 0 spiro atoms. The number of rotatable bonds is 2. The van der Waals surface area contributed by atoms with E-state index >= 15 is 0 Å². The number of benzene rings is 8. The molecular weight excluding hydrogens is 567 g/mol. The first-order chi connectivity index (χ1) is 23.1. The zero-order valence-corrected chi connectivity index (χ0v) is 26.4. The van der Waals surface area contributed by atoms with Crippen molar-refractivity contribution in [1.29, 1.82) is 0 Å². The second-order valence-corrected chi connectivity index (χ2v) is 13.5. The zero-order chi connectivity index (χ0) is 31.3. The molecule has 9 aromatic rings. The van der Waals surface area contributed by atoms with Crippen LogP contribution >= 0.6 is 0 Å². The molecule has 1 heterocycles. The standard InChI is InChI=1S/C46H31N/c1-46(2)41-22-21-30(26-38(41)39-25-29-13-11-23-47-43(29)27-42(39)46)44-34-17-7-9-19-36(34)45(37-20-10-8-18-35(37)44)40-24-28-12-3-4-14-31(28)32-15-5-6-16-33(32)40/h3-27H,1-2H3. The quantitative estimate of drug-likeness (QED) is 0.143. The third kappa shape index (κ3) is 3.69. The molecule has 1 heteroatoms. The van der Waals surface area contributed by atoms with E-state index in [-0.39, 0.29) is 5.41 Å². The van der Waals surface area contributed by atoms with Crippen LogP contribution in [0, 0.1) is 0 Å². The molecule has 1 aromatic heterocycles. The summed E-state index contributed by atoms with van der Waals surface area (Å²) >= 11 is 0. The SMILES string of the molecule is CC1(C)c2ccc(-c3c4ccccc4c(-c4cc5ccccc5c5ccccc45)c4ccccc34)cc2-c2cc3cccnc3cc21. The number of nitrogens with zero attached hydrogens (tertiary/aromatic N) is 1. The fourth-order valence-electron chi connectivity index (χ4n) is 8.46. The van der Waals surface area contributed by atoms with Crippen molar-refractivity contribution < 1.29 is 0 Å². The Balaban J connectivity index is 1.29. The third-order valence-electron chi connectivity index (χ3n) is 10.7. The summed E-state index contributed by atoms with van der Waals surface area (Å²) in [5.74, 6) is 0. The summed E-state index contributed by atoms with van der Waals surface area (Å²) in [5.41, 5.74) is 11.5. The average Bonchev–Trinajstić information content (AvgIpc) is 3.34. The molecule has 8 aromatic carbocycles. The molecule has 0 unspecified atom stereocenters. The normalized spacial score (nSPS) is 13.5. The molecule has 0 atom stereocenters. The second-order valence-electron chi connectivity index (χ2n) is 13.5. The van der Waals surface area contributed by atoms with Crippen LogP contribution in [0.4, 0.5) is 0 Å². The van der Waals surface area contributed by atoms with Crippen molar-refractivity contribution >= 4 is 54.0 Å². The predicted molar refractivity (Wildman–Crippen MR) is 200 cm³/mol. The van der Waals surface area contributed by atoms with Crippen molar-refractivity contribution in [2.75, 3.05) is 0 Å². The third-order valence-corrected chi connectivity index (χ3v) is 10.7. The molecule has 0 bridgehead atoms. The molecule has 1 nitrogen and oxygen atoms in total. The zero-order valence-electron chi connectivity index (χ0n) is 26.4. The Kier molecular flexibility index (Phi) is 5.40. The highest BCUT2D eigenvalue weighted by Gasteiger charge is 2.36. The topological polar surface area (TPSA) is 12.9 Å². The molecule has 0 aliphatic heterocycles. The number of hydrogen-bond donors (Lipinski definition) is 0. The van der Waals surface area contributed by atoms with Crippen LogP contribution in [-0.4, -0.2) is 4.98 Å². The van der Waals surface area contributed by atoms with Crippen molar-refractivity contribution in [2.24, 2.45) is 0 Å². The Morgan fingerprint density at radius 2 is 0.957 bits per heavy atom. The maximum Gasteiger partial charge on any atom is 0.0705 e. The molecule has 47 heavy (non-hydrogen) atoms. The summed E-state index contributed by atoms with van der Waals surface area (Å²) in [6.45, 7) is 4.69. The monoisotopic (exact) mass is 597 g/mol. The van der Waals surface area contributed by atoms with Crippen LogP contribution in [-0.2, 0) is 5.41 Å². The first-order valence-corrected chi connectivity index (χ1v) is 16.5. The van der Waals surface area contributed by atoms with Gasteiger partial charge in [0.1, 0.15) is 0 Å². The number of fused-ring (bicyclic) bond motifs is 9. The molecule has 1 aliphatic carbocycles. The summed E-state index contributed by atoms with van der Waals surface area (Å²) in [7, 11) is 0. The van der Waals surface area contributed by atoms with Gasteiger partial charge in [-0.25, -0.2) is 0 Å². The summed E-state index contributed by atoms with van der Waals surface area (Å²) in [4.78, 5) is 4.69. The van der Waals surface area contributed by atoms with Gasteiger partial charge in [0.2, 0.25) is 0 Å². The Bertz CT molecular complexity index is 2710. The van der Waals surface area contributed by atoms with Gasteiger partial charge in [0.15, 0.2) is 0 Å². The lowest BCUT2D eigenvalue weighted by Gasteiger charge is -2.22. The van der Waals surface area contributed by atoms with Crippen LogP contribution in [0.25, 0.3) is 87.4 Å². The Morgan fingerprint density at radius 1 is 0.404 bits per heavy atom. The van der Waals surface area contributed by atoms with Crippen LogP contribution in [0.5, 0.6) is 0 Å². The van der Waals surface area contributed by atoms with E-state index in [0.717, 1.165) is 5.52 Å². The van der Waals surface area contributed by atoms with Crippen LogP contribution in [0.15, 0.2) is 152 Å². The van der Waals surface area contributed by atoms with E-state index < -0.39 is 0 Å². The van der Waals surface area contributed by atoms with Crippen LogP contribution < -0.4 is 0 Å². The molecule has 10 rings (SSSR count). The Labute approximate surface area is 273 Å². The van der Waals surface area contributed by atoms with E-state index in [9.17, 15) is 0 Å². The molecule has 1 aliphatic rings. The molecule has 220 valence electrons. The van der Waals surface area contributed by atoms with Gasteiger partial charge >= 0.3 is 0 Å². The van der Waals surface area contributed by atoms with E-state index in [1.807, 2.05) is 12.3 Å². The summed E-state index contributed by atoms with van der Waals surface area (Å²) in [6.07, 6.45) is 1.89. The van der Waals surface area contributed by atoms with Gasteiger partial charge in [0, 0.05) is 17.0 Å². The van der Waals surface area contributed by atoms with Gasteiger partial charge in [-0.15, -0.1) is 0 Å². The highest BCUT2D eigenvalue weighted by Crippen LogP contribution is 2.52. The van der Waals surface area contributed by atoms with Gasteiger partial charge in [0.05, 0.1) is 5.52 Å². The van der Waals surface area contributed by atoms with Crippen LogP contribution in [0.2, 0.25) is 0 Å². The second kappa shape index (κ2) is 9.61. The molecule has 0 saturated heterocycles. The van der Waals surface area contributed by atoms with Crippen molar-refractivity contribution in [3.05, 3.63) is 163 Å². The van der Waals surface area contributed by atoms with E-state index in [1.165, 1.54) is 93.0 Å². The summed E-state index contributed by atoms with van der Waals surface area (Å²) in [5, 5.41) is 11.4. The lowest BCUT2D eigenvalue weighted by atomic mass is 9.81. The fraction of sp³-hybridized carbons (Fsp3) is 0.0652. The van der Waals surface area contributed by atoms with E-state index in [1.54, 1.807) is 0 Å². The largest absolute Gasteiger partial charge is 0.256 e. The number of aromatic nitrogens is 1.